The number of aromatic amines is 1. The van der Waals surface area contributed by atoms with E-state index in [2.05, 4.69) is 20.8 Å². The van der Waals surface area contributed by atoms with E-state index in [1.807, 2.05) is 30.3 Å². The van der Waals surface area contributed by atoms with Crippen LogP contribution in [-0.4, -0.2) is 29.2 Å². The average Bonchev–Trinajstić information content (AvgIpc) is 2.97. The lowest BCUT2D eigenvalue weighted by atomic mass is 9.97. The van der Waals surface area contributed by atoms with Crippen molar-refractivity contribution in [2.75, 3.05) is 18.4 Å². The minimum absolute atomic E-state index is 0.0880. The number of piperidine rings is 1. The van der Waals surface area contributed by atoms with Gasteiger partial charge < -0.3 is 10.6 Å². The van der Waals surface area contributed by atoms with Crippen molar-refractivity contribution < 1.29 is 4.79 Å². The van der Waals surface area contributed by atoms with Gasteiger partial charge in [-0.05, 0) is 25.9 Å². The van der Waals surface area contributed by atoms with Crippen LogP contribution in [0.5, 0.6) is 0 Å². The van der Waals surface area contributed by atoms with Crippen LogP contribution in [0.4, 0.5) is 5.69 Å². The molecular weight excluding hydrogens is 252 g/mol. The van der Waals surface area contributed by atoms with Crippen LogP contribution < -0.4 is 10.6 Å². The number of nitrogens with one attached hydrogen (secondary N) is 3. The minimum Gasteiger partial charge on any atom is -0.323 e. The van der Waals surface area contributed by atoms with E-state index in [1.54, 1.807) is 6.20 Å². The number of hydrogen-bond donors (Lipinski definition) is 3. The molecule has 0 bridgehead atoms. The standard InChI is InChI=1S/C15H18N4O/c20-15(12-6-8-16-9-7-12)18-13-10-17-19-14(13)11-4-2-1-3-5-11/h1-5,10,12,16H,6-9H2,(H,17,19)(H,18,20). The number of carbonyl (C=O) groups excluding carboxylic acids is 1. The van der Waals surface area contributed by atoms with E-state index in [-0.39, 0.29) is 11.8 Å². The van der Waals surface area contributed by atoms with Gasteiger partial charge in [0.25, 0.3) is 0 Å². The molecule has 3 rings (SSSR count). The van der Waals surface area contributed by atoms with E-state index < -0.39 is 0 Å². The van der Waals surface area contributed by atoms with Crippen LogP contribution in [0.1, 0.15) is 12.8 Å². The number of benzene rings is 1. The quantitative estimate of drug-likeness (QED) is 0.799. The predicted octanol–water partition coefficient (Wildman–Crippen LogP) is 2.01. The van der Waals surface area contributed by atoms with Gasteiger partial charge in [0.15, 0.2) is 0 Å². The second kappa shape index (κ2) is 5.88. The topological polar surface area (TPSA) is 69.8 Å². The van der Waals surface area contributed by atoms with Crippen molar-refractivity contribution >= 4 is 11.6 Å². The summed E-state index contributed by atoms with van der Waals surface area (Å²) in [7, 11) is 0. The second-order valence-corrected chi connectivity index (χ2v) is 5.04. The number of amides is 1. The molecule has 1 aromatic carbocycles. The van der Waals surface area contributed by atoms with Crippen molar-refractivity contribution in [3.63, 3.8) is 0 Å². The fourth-order valence-electron chi connectivity index (χ4n) is 2.52. The van der Waals surface area contributed by atoms with E-state index in [1.165, 1.54) is 0 Å². The van der Waals surface area contributed by atoms with Gasteiger partial charge in [-0.3, -0.25) is 9.89 Å². The lowest BCUT2D eigenvalue weighted by molar-refractivity contribution is -0.120. The smallest absolute Gasteiger partial charge is 0.227 e. The third-order valence-corrected chi connectivity index (χ3v) is 3.67. The Hall–Kier alpha value is -2.14. The summed E-state index contributed by atoms with van der Waals surface area (Å²) in [5.74, 6) is 0.180. The molecule has 3 N–H and O–H groups in total. The van der Waals surface area contributed by atoms with Crippen molar-refractivity contribution in [2.24, 2.45) is 5.92 Å². The van der Waals surface area contributed by atoms with Crippen molar-refractivity contribution in [1.82, 2.24) is 15.5 Å². The largest absolute Gasteiger partial charge is 0.323 e. The first kappa shape index (κ1) is 12.9. The summed E-state index contributed by atoms with van der Waals surface area (Å²) in [6.07, 6.45) is 3.45. The first-order valence-corrected chi connectivity index (χ1v) is 6.95. The number of aromatic nitrogens is 2. The average molecular weight is 270 g/mol. The Balaban J connectivity index is 1.75. The zero-order valence-electron chi connectivity index (χ0n) is 11.2. The van der Waals surface area contributed by atoms with Gasteiger partial charge in [0.1, 0.15) is 0 Å². The van der Waals surface area contributed by atoms with Crippen LogP contribution >= 0.6 is 0 Å². The number of H-pyrrole nitrogens is 1. The fraction of sp³-hybridized carbons (Fsp3) is 0.333. The minimum atomic E-state index is 0.0880. The highest BCUT2D eigenvalue weighted by Crippen LogP contribution is 2.26. The summed E-state index contributed by atoms with van der Waals surface area (Å²) in [4.78, 5) is 12.3. The molecule has 0 aliphatic carbocycles. The number of hydrogen-bond acceptors (Lipinski definition) is 3. The summed E-state index contributed by atoms with van der Waals surface area (Å²) in [5.41, 5.74) is 2.62. The molecule has 1 amide bonds. The molecule has 1 saturated heterocycles. The summed E-state index contributed by atoms with van der Waals surface area (Å²) in [5, 5.41) is 13.3. The third-order valence-electron chi connectivity index (χ3n) is 3.67. The number of anilines is 1. The molecule has 0 atom stereocenters. The normalized spacial score (nSPS) is 16.0. The molecule has 20 heavy (non-hydrogen) atoms. The summed E-state index contributed by atoms with van der Waals surface area (Å²) in [6.45, 7) is 1.82. The molecule has 1 aliphatic heterocycles. The molecule has 0 unspecified atom stereocenters. The van der Waals surface area contributed by atoms with Crippen LogP contribution in [0, 0.1) is 5.92 Å². The fourth-order valence-corrected chi connectivity index (χ4v) is 2.52. The van der Waals surface area contributed by atoms with Crippen LogP contribution in [0.3, 0.4) is 0 Å². The molecule has 104 valence electrons. The van der Waals surface area contributed by atoms with Crippen LogP contribution in [0.25, 0.3) is 11.3 Å². The molecular formula is C15H18N4O. The van der Waals surface area contributed by atoms with Gasteiger partial charge in [0.2, 0.25) is 5.91 Å². The maximum absolute atomic E-state index is 12.3. The maximum Gasteiger partial charge on any atom is 0.227 e. The molecule has 2 heterocycles. The Labute approximate surface area is 117 Å². The highest BCUT2D eigenvalue weighted by Gasteiger charge is 2.22. The molecule has 2 aromatic rings. The van der Waals surface area contributed by atoms with Gasteiger partial charge in [-0.2, -0.15) is 5.10 Å². The van der Waals surface area contributed by atoms with E-state index in [0.29, 0.717) is 0 Å². The van der Waals surface area contributed by atoms with Crippen LogP contribution in [0.15, 0.2) is 36.5 Å². The second-order valence-electron chi connectivity index (χ2n) is 5.04. The van der Waals surface area contributed by atoms with Crippen molar-refractivity contribution in [1.29, 1.82) is 0 Å². The molecule has 0 radical (unpaired) electrons. The number of carbonyl (C=O) groups is 1. The first-order valence-electron chi connectivity index (χ1n) is 6.95. The lowest BCUT2D eigenvalue weighted by Gasteiger charge is -2.21. The van der Waals surface area contributed by atoms with Gasteiger partial charge in [-0.1, -0.05) is 30.3 Å². The van der Waals surface area contributed by atoms with Gasteiger partial charge >= 0.3 is 0 Å². The monoisotopic (exact) mass is 270 g/mol. The zero-order valence-corrected chi connectivity index (χ0v) is 11.2. The SMILES string of the molecule is O=C(Nc1cn[nH]c1-c1ccccc1)C1CCNCC1. The van der Waals surface area contributed by atoms with Crippen LogP contribution in [-0.2, 0) is 4.79 Å². The highest BCUT2D eigenvalue weighted by molar-refractivity contribution is 5.95. The molecule has 1 fully saturated rings. The van der Waals surface area contributed by atoms with E-state index in [0.717, 1.165) is 42.9 Å². The molecule has 5 nitrogen and oxygen atoms in total. The van der Waals surface area contributed by atoms with Gasteiger partial charge in [0.05, 0.1) is 17.6 Å². The Kier molecular flexibility index (Phi) is 3.78. The van der Waals surface area contributed by atoms with E-state index in [4.69, 9.17) is 0 Å². The van der Waals surface area contributed by atoms with E-state index in [9.17, 15) is 4.79 Å². The zero-order chi connectivity index (χ0) is 13.8. The Bertz CT molecular complexity index is 573. The van der Waals surface area contributed by atoms with Gasteiger partial charge in [0, 0.05) is 11.5 Å². The number of nitrogens with zero attached hydrogens (tertiary/aromatic N) is 1. The molecule has 0 saturated carbocycles. The van der Waals surface area contributed by atoms with Crippen molar-refractivity contribution in [2.45, 2.75) is 12.8 Å². The predicted molar refractivity (Wildman–Crippen MR) is 78.2 cm³/mol. The summed E-state index contributed by atoms with van der Waals surface area (Å²) < 4.78 is 0. The van der Waals surface area contributed by atoms with Crippen LogP contribution in [0.2, 0.25) is 0 Å². The third kappa shape index (κ3) is 2.72. The Morgan fingerprint density at radius 1 is 1.20 bits per heavy atom. The van der Waals surface area contributed by atoms with Gasteiger partial charge in [-0.25, -0.2) is 0 Å². The maximum atomic E-state index is 12.3. The number of rotatable bonds is 3. The Morgan fingerprint density at radius 2 is 1.95 bits per heavy atom. The molecule has 0 spiro atoms. The molecule has 1 aromatic heterocycles. The van der Waals surface area contributed by atoms with Crippen molar-refractivity contribution in [3.05, 3.63) is 36.5 Å². The summed E-state index contributed by atoms with van der Waals surface area (Å²) in [6, 6.07) is 9.89. The first-order chi connectivity index (χ1) is 9.84. The van der Waals surface area contributed by atoms with E-state index >= 15 is 0 Å². The highest BCUT2D eigenvalue weighted by atomic mass is 16.1. The lowest BCUT2D eigenvalue weighted by Crippen LogP contribution is -2.34. The molecule has 1 aliphatic rings. The van der Waals surface area contributed by atoms with Gasteiger partial charge in [-0.15, -0.1) is 0 Å². The van der Waals surface area contributed by atoms with Crippen molar-refractivity contribution in [3.8, 4) is 11.3 Å². The Morgan fingerprint density at radius 3 is 2.70 bits per heavy atom. The molecule has 5 heteroatoms. The summed E-state index contributed by atoms with van der Waals surface area (Å²) >= 11 is 0.